The van der Waals surface area contributed by atoms with Crippen LogP contribution in [-0.2, 0) is 9.30 Å². The van der Waals surface area contributed by atoms with Crippen molar-refractivity contribution in [1.29, 1.82) is 0 Å². The quantitative estimate of drug-likeness (QED) is 0.656. The fourth-order valence-electron chi connectivity index (χ4n) is 2.06. The van der Waals surface area contributed by atoms with E-state index in [2.05, 4.69) is 4.98 Å². The van der Waals surface area contributed by atoms with Crippen molar-refractivity contribution in [2.45, 2.75) is 31.8 Å². The maximum Gasteiger partial charge on any atom is 0.330 e. The number of aromatic nitrogens is 2. The molecule has 2 rings (SSSR count). The highest BCUT2D eigenvalue weighted by molar-refractivity contribution is 7.51. The van der Waals surface area contributed by atoms with Crippen LogP contribution in [0.3, 0.4) is 0 Å². The van der Waals surface area contributed by atoms with E-state index in [4.69, 9.17) is 14.5 Å². The van der Waals surface area contributed by atoms with Crippen LogP contribution in [0.15, 0.2) is 15.8 Å². The van der Waals surface area contributed by atoms with Crippen LogP contribution in [0.4, 0.5) is 4.39 Å². The van der Waals surface area contributed by atoms with Gasteiger partial charge in [0.2, 0.25) is 0 Å². The van der Waals surface area contributed by atoms with Gasteiger partial charge < -0.3 is 14.5 Å². The number of halogens is 1. The maximum atomic E-state index is 13.7. The fraction of sp³-hybridized carbons (Fsp3) is 0.600. The molecule has 8 nitrogen and oxygen atoms in total. The van der Waals surface area contributed by atoms with Gasteiger partial charge in [-0.15, -0.1) is 0 Å². The molecular weight excluding hydrogens is 294 g/mol. The first kappa shape index (κ1) is 15.1. The molecule has 0 aromatic carbocycles. The van der Waals surface area contributed by atoms with Crippen molar-refractivity contribution in [3.05, 3.63) is 32.6 Å². The number of hydrogen-bond donors (Lipinski definition) is 3. The van der Waals surface area contributed by atoms with Crippen LogP contribution in [0, 0.1) is 6.92 Å². The monoisotopic (exact) mass is 308 g/mol. The molecule has 3 atom stereocenters. The van der Waals surface area contributed by atoms with Crippen molar-refractivity contribution >= 4 is 7.60 Å². The van der Waals surface area contributed by atoms with Gasteiger partial charge in [-0.05, 0) is 6.92 Å². The summed E-state index contributed by atoms with van der Waals surface area (Å²) in [4.78, 5) is 42.6. The Morgan fingerprint density at radius 3 is 2.80 bits per heavy atom. The Morgan fingerprint density at radius 1 is 1.55 bits per heavy atom. The molecule has 3 unspecified atom stereocenters. The van der Waals surface area contributed by atoms with E-state index in [1.54, 1.807) is 0 Å². The normalized spacial score (nSPS) is 26.9. The molecule has 0 amide bonds. The average Bonchev–Trinajstić information content (AvgIpc) is 2.63. The first-order chi connectivity index (χ1) is 9.17. The van der Waals surface area contributed by atoms with E-state index in [-0.39, 0.29) is 12.0 Å². The Labute approximate surface area is 112 Å². The summed E-state index contributed by atoms with van der Waals surface area (Å²) in [5, 5.41) is 0. The van der Waals surface area contributed by atoms with Gasteiger partial charge in [0.05, 0.1) is 6.16 Å². The van der Waals surface area contributed by atoms with E-state index in [0.29, 0.717) is 0 Å². The molecule has 112 valence electrons. The smallest absolute Gasteiger partial charge is 0.330 e. The van der Waals surface area contributed by atoms with Gasteiger partial charge in [0.15, 0.2) is 0 Å². The van der Waals surface area contributed by atoms with E-state index in [9.17, 15) is 18.5 Å². The van der Waals surface area contributed by atoms with Gasteiger partial charge in [-0.2, -0.15) is 0 Å². The van der Waals surface area contributed by atoms with Crippen LogP contribution in [0.2, 0.25) is 0 Å². The Balaban J connectivity index is 2.25. The van der Waals surface area contributed by atoms with Crippen molar-refractivity contribution in [1.82, 2.24) is 9.55 Å². The Bertz CT molecular complexity index is 664. The number of nitrogens with one attached hydrogen (secondary N) is 1. The lowest BCUT2D eigenvalue weighted by molar-refractivity contribution is -0.000978. The molecule has 1 fully saturated rings. The molecule has 1 aliphatic heterocycles. The van der Waals surface area contributed by atoms with Crippen molar-refractivity contribution < 1.29 is 23.5 Å². The molecule has 0 spiro atoms. The number of aromatic amines is 1. The topological polar surface area (TPSA) is 122 Å². The molecular formula is C10H14FN2O6P. The summed E-state index contributed by atoms with van der Waals surface area (Å²) in [5.74, 6) is 0. The number of rotatable bonds is 3. The molecule has 20 heavy (non-hydrogen) atoms. The third kappa shape index (κ3) is 3.24. The third-order valence-corrected chi connectivity index (χ3v) is 3.87. The molecule has 1 aliphatic rings. The molecule has 0 radical (unpaired) electrons. The summed E-state index contributed by atoms with van der Waals surface area (Å²) in [6.07, 6.45) is -3.59. The van der Waals surface area contributed by atoms with Crippen molar-refractivity contribution in [2.24, 2.45) is 0 Å². The van der Waals surface area contributed by atoms with Gasteiger partial charge in [0.25, 0.3) is 5.56 Å². The summed E-state index contributed by atoms with van der Waals surface area (Å²) in [5.41, 5.74) is -1.05. The number of hydrogen-bond acceptors (Lipinski definition) is 4. The lowest BCUT2D eigenvalue weighted by atomic mass is 10.2. The minimum Gasteiger partial charge on any atom is -0.351 e. The Kier molecular flexibility index (Phi) is 3.97. The van der Waals surface area contributed by atoms with Crippen LogP contribution in [0.25, 0.3) is 0 Å². The summed E-state index contributed by atoms with van der Waals surface area (Å²) in [6, 6.07) is 0. The Morgan fingerprint density at radius 2 is 2.20 bits per heavy atom. The van der Waals surface area contributed by atoms with Gasteiger partial charge in [0, 0.05) is 18.2 Å². The number of nitrogens with zero attached hydrogens (tertiary/aromatic N) is 1. The van der Waals surface area contributed by atoms with Crippen LogP contribution >= 0.6 is 7.60 Å². The van der Waals surface area contributed by atoms with Gasteiger partial charge in [0.1, 0.15) is 18.5 Å². The molecule has 3 N–H and O–H groups in total. The maximum absolute atomic E-state index is 13.7. The molecule has 2 heterocycles. The first-order valence-electron chi connectivity index (χ1n) is 5.83. The lowest BCUT2D eigenvalue weighted by Crippen LogP contribution is -2.33. The Hall–Kier alpha value is -1.28. The zero-order valence-electron chi connectivity index (χ0n) is 10.5. The van der Waals surface area contributed by atoms with Crippen LogP contribution in [0.5, 0.6) is 0 Å². The van der Waals surface area contributed by atoms with Crippen LogP contribution in [-0.4, -0.2) is 37.8 Å². The average molecular weight is 308 g/mol. The standard InChI is InChI=1S/C10H14FN2O6P/c1-5-3-13(10(15)12-9(5)14)8-2-6(11)7(19-8)4-20(16,17)18/h3,6-8H,2,4H2,1H3,(H,12,14,15)(H2,16,17,18). The minimum absolute atomic E-state index is 0.212. The zero-order chi connectivity index (χ0) is 15.1. The van der Waals surface area contributed by atoms with Crippen LogP contribution in [0.1, 0.15) is 18.2 Å². The second kappa shape index (κ2) is 5.25. The van der Waals surface area contributed by atoms with Gasteiger partial charge in [-0.25, -0.2) is 9.18 Å². The van der Waals surface area contributed by atoms with Crippen molar-refractivity contribution in [3.63, 3.8) is 0 Å². The molecule has 1 aromatic heterocycles. The number of ether oxygens (including phenoxy) is 1. The highest BCUT2D eigenvalue weighted by atomic mass is 31.2. The third-order valence-electron chi connectivity index (χ3n) is 3.04. The zero-order valence-corrected chi connectivity index (χ0v) is 11.4. The highest BCUT2D eigenvalue weighted by Gasteiger charge is 2.40. The minimum atomic E-state index is -4.41. The SMILES string of the molecule is Cc1cn(C2CC(F)C(CP(=O)(O)O)O2)c(=O)[nH]c1=O. The summed E-state index contributed by atoms with van der Waals surface area (Å²) < 4.78 is 30.8. The van der Waals surface area contributed by atoms with E-state index in [1.165, 1.54) is 13.1 Å². The predicted octanol–water partition coefficient (Wildman–Crippen LogP) is -0.352. The first-order valence-corrected chi connectivity index (χ1v) is 7.63. The summed E-state index contributed by atoms with van der Waals surface area (Å²) >= 11 is 0. The summed E-state index contributed by atoms with van der Waals surface area (Å²) in [6.45, 7) is 1.48. The molecule has 0 bridgehead atoms. The molecule has 10 heteroatoms. The largest absolute Gasteiger partial charge is 0.351 e. The number of aryl methyl sites for hydroxylation is 1. The summed E-state index contributed by atoms with van der Waals surface area (Å²) in [7, 11) is -4.41. The van der Waals surface area contributed by atoms with Gasteiger partial charge >= 0.3 is 13.3 Å². The van der Waals surface area contributed by atoms with Gasteiger partial charge in [-0.1, -0.05) is 0 Å². The fourth-order valence-corrected chi connectivity index (χ4v) is 2.84. The van der Waals surface area contributed by atoms with Crippen molar-refractivity contribution in [2.75, 3.05) is 6.16 Å². The van der Waals surface area contributed by atoms with Crippen LogP contribution < -0.4 is 11.2 Å². The number of H-pyrrole nitrogens is 1. The lowest BCUT2D eigenvalue weighted by Gasteiger charge is -2.16. The van der Waals surface area contributed by atoms with E-state index < -0.39 is 43.5 Å². The van der Waals surface area contributed by atoms with Crippen molar-refractivity contribution in [3.8, 4) is 0 Å². The van der Waals surface area contributed by atoms with E-state index in [1.807, 2.05) is 0 Å². The molecule has 1 saturated heterocycles. The molecule has 0 aliphatic carbocycles. The van der Waals surface area contributed by atoms with Gasteiger partial charge in [-0.3, -0.25) is 18.9 Å². The second-order valence-electron chi connectivity index (χ2n) is 4.71. The van der Waals surface area contributed by atoms with E-state index in [0.717, 1.165) is 4.57 Å². The highest BCUT2D eigenvalue weighted by Crippen LogP contribution is 2.41. The van der Waals surface area contributed by atoms with E-state index >= 15 is 0 Å². The molecule has 0 saturated carbocycles. The predicted molar refractivity (Wildman–Crippen MR) is 66.4 cm³/mol. The second-order valence-corrected chi connectivity index (χ2v) is 6.40. The number of alkyl halides is 1. The molecule has 1 aromatic rings.